The van der Waals surface area contributed by atoms with E-state index in [2.05, 4.69) is 53.0 Å². The lowest BCUT2D eigenvalue weighted by atomic mass is 10.1. The van der Waals surface area contributed by atoms with Crippen molar-refractivity contribution in [1.82, 2.24) is 19.8 Å². The van der Waals surface area contributed by atoms with E-state index in [0.717, 1.165) is 48.4 Å². The molecule has 37 heavy (non-hydrogen) atoms. The maximum Gasteiger partial charge on any atom is 0.152 e. The van der Waals surface area contributed by atoms with Crippen LogP contribution in [0.15, 0.2) is 36.7 Å². The van der Waals surface area contributed by atoms with Crippen molar-refractivity contribution in [3.8, 4) is 0 Å². The highest BCUT2D eigenvalue weighted by atomic mass is 35.5. The van der Waals surface area contributed by atoms with Crippen LogP contribution in [0.5, 0.6) is 0 Å². The lowest BCUT2D eigenvalue weighted by Crippen LogP contribution is -2.33. The van der Waals surface area contributed by atoms with Gasteiger partial charge in [-0.1, -0.05) is 37.9 Å². The number of carbonyl (C=O) groups is 1. The van der Waals surface area contributed by atoms with Crippen molar-refractivity contribution in [2.24, 2.45) is 0 Å². The number of aromatic nitrogens is 2. The fourth-order valence-electron chi connectivity index (χ4n) is 4.45. The Balaban J connectivity index is 0.000000233. The van der Waals surface area contributed by atoms with Crippen LogP contribution in [0.1, 0.15) is 44.1 Å². The molecule has 3 heterocycles. The van der Waals surface area contributed by atoms with Crippen molar-refractivity contribution in [3.05, 3.63) is 58.0 Å². The molecule has 2 aromatic heterocycles. The number of halogens is 2. The molecule has 3 aromatic rings. The third-order valence-electron chi connectivity index (χ3n) is 6.41. The first-order valence-electron chi connectivity index (χ1n) is 12.8. The van der Waals surface area contributed by atoms with Crippen molar-refractivity contribution in [2.45, 2.75) is 52.5 Å². The first kappa shape index (κ1) is 29.2. The highest BCUT2D eigenvalue weighted by Gasteiger charge is 2.22. The van der Waals surface area contributed by atoms with Crippen LogP contribution in [0.2, 0.25) is 5.02 Å². The number of carbonyl (C=O) groups excluding carboxylic acids is 1. The normalized spacial score (nSPS) is 15.9. The van der Waals surface area contributed by atoms with Gasteiger partial charge >= 0.3 is 0 Å². The molecule has 200 valence electrons. The quantitative estimate of drug-likeness (QED) is 0.309. The third-order valence-corrected chi connectivity index (χ3v) is 7.98. The Labute approximate surface area is 228 Å². The third kappa shape index (κ3) is 8.04. The van der Waals surface area contributed by atoms with Crippen LogP contribution in [0.3, 0.4) is 0 Å². The minimum Gasteiger partial charge on any atom is -0.340 e. The Hall–Kier alpha value is -2.39. The molecular formula is C28H37ClFN5OS. The Kier molecular flexibility index (Phi) is 11.0. The molecule has 6 nitrogen and oxygen atoms in total. The Morgan fingerprint density at radius 3 is 2.76 bits per heavy atom. The standard InChI is InChI=1S/C17H17ClFN3S.C11H20N2O/c1-3-5-11-14(4-2)23-17-15(11)16(20-9-21-17)22-10-6-7-13(19)12(18)8-10;1-10(14)5-4-7-13(3)11-6-8-12(2)9-11/h6-9H,3-5H2,1-2H3,(H,20,21,22);4-5,11H,6-9H2,1-3H3/b;5-4+. The van der Waals surface area contributed by atoms with Gasteiger partial charge in [-0.05, 0) is 76.7 Å². The van der Waals surface area contributed by atoms with Gasteiger partial charge in [-0.3, -0.25) is 9.69 Å². The highest BCUT2D eigenvalue weighted by Crippen LogP contribution is 2.36. The van der Waals surface area contributed by atoms with Gasteiger partial charge in [0.15, 0.2) is 5.78 Å². The van der Waals surface area contributed by atoms with Gasteiger partial charge in [0.25, 0.3) is 0 Å². The molecule has 1 aliphatic rings. The molecule has 0 aliphatic carbocycles. The van der Waals surface area contributed by atoms with Gasteiger partial charge in [-0.2, -0.15) is 0 Å². The molecule has 0 saturated carbocycles. The summed E-state index contributed by atoms with van der Waals surface area (Å²) in [5.74, 6) is 0.444. The second-order valence-corrected chi connectivity index (χ2v) is 10.9. The molecular weight excluding hydrogens is 509 g/mol. The van der Waals surface area contributed by atoms with E-state index in [9.17, 15) is 9.18 Å². The molecule has 1 atom stereocenters. The molecule has 0 spiro atoms. The topological polar surface area (TPSA) is 61.4 Å². The second kappa shape index (κ2) is 14.0. The highest BCUT2D eigenvalue weighted by molar-refractivity contribution is 7.18. The fraction of sp³-hybridized carbons (Fsp3) is 0.464. The number of likely N-dealkylation sites (N-methyl/N-ethyl adjacent to an activating group) is 2. The van der Waals surface area contributed by atoms with Crippen LogP contribution < -0.4 is 5.32 Å². The lowest BCUT2D eigenvalue weighted by molar-refractivity contribution is -0.112. The van der Waals surface area contributed by atoms with Gasteiger partial charge in [0, 0.05) is 29.7 Å². The molecule has 1 aromatic carbocycles. The predicted molar refractivity (Wildman–Crippen MR) is 154 cm³/mol. The first-order valence-corrected chi connectivity index (χ1v) is 14.0. The lowest BCUT2D eigenvalue weighted by Gasteiger charge is -2.22. The largest absolute Gasteiger partial charge is 0.340 e. The molecule has 1 saturated heterocycles. The molecule has 1 fully saturated rings. The minimum absolute atomic E-state index is 0.0913. The number of hydrogen-bond donors (Lipinski definition) is 1. The van der Waals surface area contributed by atoms with Crippen molar-refractivity contribution < 1.29 is 9.18 Å². The minimum atomic E-state index is -0.430. The van der Waals surface area contributed by atoms with E-state index in [1.807, 2.05) is 6.08 Å². The van der Waals surface area contributed by atoms with E-state index in [0.29, 0.717) is 11.7 Å². The van der Waals surface area contributed by atoms with Gasteiger partial charge < -0.3 is 10.2 Å². The number of nitrogens with one attached hydrogen (secondary N) is 1. The summed E-state index contributed by atoms with van der Waals surface area (Å²) in [7, 11) is 4.27. The number of rotatable bonds is 9. The zero-order valence-corrected chi connectivity index (χ0v) is 23.9. The number of hydrogen-bond acceptors (Lipinski definition) is 7. The van der Waals surface area contributed by atoms with E-state index >= 15 is 0 Å². The summed E-state index contributed by atoms with van der Waals surface area (Å²) in [6.07, 6.45) is 9.43. The van der Waals surface area contributed by atoms with E-state index in [1.165, 1.54) is 29.5 Å². The van der Waals surface area contributed by atoms with E-state index in [1.54, 1.807) is 42.8 Å². The van der Waals surface area contributed by atoms with Crippen molar-refractivity contribution in [2.75, 3.05) is 39.0 Å². The van der Waals surface area contributed by atoms with E-state index in [4.69, 9.17) is 11.6 Å². The summed E-state index contributed by atoms with van der Waals surface area (Å²) in [6, 6.07) is 5.22. The van der Waals surface area contributed by atoms with Crippen LogP contribution in [0.4, 0.5) is 15.9 Å². The average Bonchev–Trinajstić information content (AvgIpc) is 3.46. The smallest absolute Gasteiger partial charge is 0.152 e. The van der Waals surface area contributed by atoms with Gasteiger partial charge in [-0.15, -0.1) is 11.3 Å². The van der Waals surface area contributed by atoms with Gasteiger partial charge in [-0.25, -0.2) is 14.4 Å². The number of likely N-dealkylation sites (tertiary alicyclic amines) is 1. The van der Waals surface area contributed by atoms with E-state index < -0.39 is 5.82 Å². The number of benzene rings is 1. The molecule has 0 amide bonds. The predicted octanol–water partition coefficient (Wildman–Crippen LogP) is 6.51. The molecule has 1 aliphatic heterocycles. The van der Waals surface area contributed by atoms with Gasteiger partial charge in [0.2, 0.25) is 0 Å². The zero-order chi connectivity index (χ0) is 26.9. The molecule has 0 radical (unpaired) electrons. The first-order chi connectivity index (χ1) is 17.7. The summed E-state index contributed by atoms with van der Waals surface area (Å²) >= 11 is 7.58. The van der Waals surface area contributed by atoms with Crippen LogP contribution in [-0.2, 0) is 17.6 Å². The van der Waals surface area contributed by atoms with Crippen molar-refractivity contribution in [1.29, 1.82) is 0 Å². The SMILES string of the molecule is CC(=O)/C=C/CN(C)C1CCN(C)C1.CCCc1c(CC)sc2ncnc(Nc3ccc(F)c(Cl)c3)c12. The average molecular weight is 546 g/mol. The maximum absolute atomic E-state index is 13.3. The van der Waals surface area contributed by atoms with Crippen LogP contribution >= 0.6 is 22.9 Å². The number of thiophene rings is 1. The zero-order valence-electron chi connectivity index (χ0n) is 22.4. The fourth-order valence-corrected chi connectivity index (χ4v) is 5.75. The Morgan fingerprint density at radius 1 is 1.35 bits per heavy atom. The summed E-state index contributed by atoms with van der Waals surface area (Å²) in [4.78, 5) is 26.5. The second-order valence-electron chi connectivity index (χ2n) is 9.42. The Bertz CT molecular complexity index is 1230. The van der Waals surface area contributed by atoms with Crippen LogP contribution in [0.25, 0.3) is 10.2 Å². The number of aryl methyl sites for hydroxylation is 2. The number of anilines is 2. The summed E-state index contributed by atoms with van der Waals surface area (Å²) < 4.78 is 13.3. The van der Waals surface area contributed by atoms with Crippen molar-refractivity contribution in [3.63, 3.8) is 0 Å². The van der Waals surface area contributed by atoms with Crippen LogP contribution in [0, 0.1) is 5.82 Å². The number of allylic oxidation sites excluding steroid dienone is 1. The molecule has 1 N–H and O–H groups in total. The monoisotopic (exact) mass is 545 g/mol. The molecule has 4 rings (SSSR count). The molecule has 1 unspecified atom stereocenters. The van der Waals surface area contributed by atoms with Crippen molar-refractivity contribution >= 4 is 50.4 Å². The Morgan fingerprint density at radius 2 is 2.14 bits per heavy atom. The van der Waals surface area contributed by atoms with Crippen LogP contribution in [-0.4, -0.2) is 65.3 Å². The maximum atomic E-state index is 13.3. The summed E-state index contributed by atoms with van der Waals surface area (Å²) in [5, 5.41) is 4.41. The van der Waals surface area contributed by atoms with E-state index in [-0.39, 0.29) is 10.8 Å². The van der Waals surface area contributed by atoms with Gasteiger partial charge in [0.05, 0.1) is 10.4 Å². The number of nitrogens with zero attached hydrogens (tertiary/aromatic N) is 4. The summed E-state index contributed by atoms with van der Waals surface area (Å²) in [5.41, 5.74) is 2.02. The number of fused-ring (bicyclic) bond motifs is 1. The van der Waals surface area contributed by atoms with Gasteiger partial charge in [0.1, 0.15) is 22.8 Å². The molecule has 0 bridgehead atoms. The number of ketones is 1. The molecule has 9 heteroatoms. The summed E-state index contributed by atoms with van der Waals surface area (Å²) in [6.45, 7) is 9.11.